The Morgan fingerprint density at radius 3 is 2.39 bits per heavy atom. The zero-order chi connectivity index (χ0) is 27.5. The molecule has 0 spiro atoms. The molecule has 2 aromatic rings. The SMILES string of the molecule is CN(C(=O)c1nc(CC2CCCCC2)c(-c2ccc(SNC(C)(C)C)c(C(C)(C)C)c2)s1)C1CCOCC1. The van der Waals surface area contributed by atoms with Gasteiger partial charge in [-0.05, 0) is 86.6 Å². The summed E-state index contributed by atoms with van der Waals surface area (Å²) in [7, 11) is 1.94. The van der Waals surface area contributed by atoms with E-state index < -0.39 is 0 Å². The van der Waals surface area contributed by atoms with E-state index in [1.807, 2.05) is 11.9 Å². The van der Waals surface area contributed by atoms with Gasteiger partial charge in [-0.2, -0.15) is 0 Å². The first-order chi connectivity index (χ1) is 17.9. The van der Waals surface area contributed by atoms with Gasteiger partial charge in [0, 0.05) is 36.7 Å². The fraction of sp³-hybridized carbons (Fsp3) is 0.677. The van der Waals surface area contributed by atoms with E-state index in [1.54, 1.807) is 23.3 Å². The molecule has 1 N–H and O–H groups in total. The van der Waals surface area contributed by atoms with Crippen molar-refractivity contribution in [3.8, 4) is 10.4 Å². The summed E-state index contributed by atoms with van der Waals surface area (Å²) in [4.78, 5) is 23.0. The first-order valence-corrected chi connectivity index (χ1v) is 16.0. The molecule has 38 heavy (non-hydrogen) atoms. The number of rotatable bonds is 7. The fourth-order valence-electron chi connectivity index (χ4n) is 5.42. The molecule has 1 saturated carbocycles. The second-order valence-corrected chi connectivity index (χ2v) is 15.0. The molecule has 7 heteroatoms. The van der Waals surface area contributed by atoms with Gasteiger partial charge in [-0.3, -0.25) is 9.52 Å². The fourth-order valence-corrected chi connectivity index (χ4v) is 7.51. The van der Waals surface area contributed by atoms with Crippen molar-refractivity contribution in [3.63, 3.8) is 0 Å². The van der Waals surface area contributed by atoms with E-state index >= 15 is 0 Å². The number of carbonyl (C=O) groups is 1. The van der Waals surface area contributed by atoms with E-state index in [1.165, 1.54) is 53.0 Å². The van der Waals surface area contributed by atoms with Gasteiger partial charge in [0.05, 0.1) is 10.6 Å². The van der Waals surface area contributed by atoms with E-state index in [2.05, 4.69) is 64.5 Å². The van der Waals surface area contributed by atoms with Crippen LogP contribution in [0.1, 0.15) is 108 Å². The molecular formula is C31H47N3O2S2. The van der Waals surface area contributed by atoms with Crippen LogP contribution in [-0.4, -0.2) is 47.6 Å². The lowest BCUT2D eigenvalue weighted by Crippen LogP contribution is -2.40. The minimum absolute atomic E-state index is 0.00590. The summed E-state index contributed by atoms with van der Waals surface area (Å²) in [6.07, 6.45) is 9.25. The topological polar surface area (TPSA) is 54.5 Å². The van der Waals surface area contributed by atoms with Crippen LogP contribution in [-0.2, 0) is 16.6 Å². The monoisotopic (exact) mass is 557 g/mol. The first-order valence-electron chi connectivity index (χ1n) is 14.4. The molecule has 1 aromatic heterocycles. The van der Waals surface area contributed by atoms with E-state index in [-0.39, 0.29) is 22.9 Å². The Morgan fingerprint density at radius 1 is 1.08 bits per heavy atom. The standard InChI is InChI=1S/C31H47N3O2S2/c1-30(2,3)24-20-22(13-14-26(24)38-33-31(4,5)6)27-25(19-21-11-9-8-10-12-21)32-28(37-27)29(35)34(7)23-15-17-36-18-16-23/h13-14,20-21,23,33H,8-12,15-19H2,1-7H3. The van der Waals surface area contributed by atoms with Gasteiger partial charge in [-0.1, -0.05) is 58.9 Å². The predicted octanol–water partition coefficient (Wildman–Crippen LogP) is 7.88. The number of nitrogens with one attached hydrogen (secondary N) is 1. The molecule has 1 amide bonds. The zero-order valence-corrected chi connectivity index (χ0v) is 26.1. The van der Waals surface area contributed by atoms with E-state index in [9.17, 15) is 4.79 Å². The van der Waals surface area contributed by atoms with Crippen molar-refractivity contribution in [2.75, 3.05) is 20.3 Å². The molecule has 2 aliphatic rings. The molecule has 0 atom stereocenters. The Kier molecular flexibility index (Phi) is 9.65. The number of aromatic nitrogens is 1. The van der Waals surface area contributed by atoms with Crippen LogP contribution in [0, 0.1) is 5.92 Å². The Balaban J connectivity index is 1.69. The number of thiazole rings is 1. The highest BCUT2D eigenvalue weighted by molar-refractivity contribution is 7.97. The van der Waals surface area contributed by atoms with Crippen LogP contribution >= 0.6 is 23.3 Å². The quantitative estimate of drug-likeness (QED) is 0.351. The van der Waals surface area contributed by atoms with Crippen LogP contribution in [0.5, 0.6) is 0 Å². The molecule has 0 radical (unpaired) electrons. The molecule has 4 rings (SSSR count). The van der Waals surface area contributed by atoms with Crippen molar-refractivity contribution >= 4 is 29.2 Å². The van der Waals surface area contributed by atoms with Crippen molar-refractivity contribution < 1.29 is 9.53 Å². The number of hydrogen-bond acceptors (Lipinski definition) is 6. The molecule has 1 aliphatic heterocycles. The summed E-state index contributed by atoms with van der Waals surface area (Å²) in [5.74, 6) is 0.712. The smallest absolute Gasteiger partial charge is 0.282 e. The number of amides is 1. The first kappa shape index (κ1) is 29.6. The van der Waals surface area contributed by atoms with Crippen LogP contribution in [0.4, 0.5) is 0 Å². The third-order valence-corrected chi connectivity index (χ3v) is 10.1. The second kappa shape index (κ2) is 12.4. The van der Waals surface area contributed by atoms with Crippen LogP contribution < -0.4 is 4.72 Å². The van der Waals surface area contributed by atoms with Crippen molar-refractivity contribution in [2.45, 2.75) is 115 Å². The van der Waals surface area contributed by atoms with Crippen LogP contribution in [0.3, 0.4) is 0 Å². The average molecular weight is 558 g/mol. The molecular weight excluding hydrogens is 510 g/mol. The summed E-state index contributed by atoms with van der Waals surface area (Å²) < 4.78 is 9.11. The van der Waals surface area contributed by atoms with E-state index in [0.29, 0.717) is 10.9 Å². The highest BCUT2D eigenvalue weighted by atomic mass is 32.2. The van der Waals surface area contributed by atoms with E-state index in [0.717, 1.165) is 38.2 Å². The predicted molar refractivity (Wildman–Crippen MR) is 161 cm³/mol. The van der Waals surface area contributed by atoms with Crippen LogP contribution in [0.15, 0.2) is 23.1 Å². The highest BCUT2D eigenvalue weighted by Gasteiger charge is 2.29. The lowest BCUT2D eigenvalue weighted by Gasteiger charge is -2.30. The molecule has 1 aliphatic carbocycles. The number of benzene rings is 1. The maximum absolute atomic E-state index is 13.6. The molecule has 0 bridgehead atoms. The summed E-state index contributed by atoms with van der Waals surface area (Å²) in [5.41, 5.74) is 3.63. The zero-order valence-electron chi connectivity index (χ0n) is 24.5. The highest BCUT2D eigenvalue weighted by Crippen LogP contribution is 2.40. The van der Waals surface area contributed by atoms with Crippen LogP contribution in [0.2, 0.25) is 0 Å². The number of hydrogen-bond donors (Lipinski definition) is 1. The average Bonchev–Trinajstić information content (AvgIpc) is 3.30. The van der Waals surface area contributed by atoms with Crippen LogP contribution in [0.25, 0.3) is 10.4 Å². The maximum Gasteiger partial charge on any atom is 0.282 e. The third kappa shape index (κ3) is 7.61. The van der Waals surface area contributed by atoms with Crippen molar-refractivity contribution in [1.29, 1.82) is 0 Å². The Morgan fingerprint density at radius 2 is 1.76 bits per heavy atom. The molecule has 0 unspecified atom stereocenters. The number of carbonyl (C=O) groups excluding carboxylic acids is 1. The molecule has 1 saturated heterocycles. The third-order valence-electron chi connectivity index (χ3n) is 7.66. The summed E-state index contributed by atoms with van der Waals surface area (Å²) in [6.45, 7) is 14.9. The summed E-state index contributed by atoms with van der Waals surface area (Å²) in [6, 6.07) is 7.06. The number of nitrogens with zero attached hydrogens (tertiary/aromatic N) is 2. The summed E-state index contributed by atoms with van der Waals surface area (Å²) in [5, 5.41) is 0.630. The number of ether oxygens (including phenoxy) is 1. The van der Waals surface area contributed by atoms with Gasteiger partial charge in [0.15, 0.2) is 5.01 Å². The molecule has 2 fully saturated rings. The minimum Gasteiger partial charge on any atom is -0.381 e. The Labute approximate surface area is 238 Å². The van der Waals surface area contributed by atoms with Gasteiger partial charge >= 0.3 is 0 Å². The van der Waals surface area contributed by atoms with Gasteiger partial charge < -0.3 is 9.64 Å². The minimum atomic E-state index is -0.00590. The lowest BCUT2D eigenvalue weighted by atomic mass is 9.84. The second-order valence-electron chi connectivity index (χ2n) is 13.2. The molecule has 2 heterocycles. The largest absolute Gasteiger partial charge is 0.381 e. The van der Waals surface area contributed by atoms with Gasteiger partial charge in [0.2, 0.25) is 0 Å². The van der Waals surface area contributed by atoms with Crippen molar-refractivity contribution in [1.82, 2.24) is 14.6 Å². The molecule has 5 nitrogen and oxygen atoms in total. The summed E-state index contributed by atoms with van der Waals surface area (Å²) >= 11 is 3.30. The van der Waals surface area contributed by atoms with Crippen molar-refractivity contribution in [2.24, 2.45) is 5.92 Å². The van der Waals surface area contributed by atoms with Gasteiger partial charge in [-0.25, -0.2) is 4.98 Å². The Bertz CT molecular complexity index is 1090. The van der Waals surface area contributed by atoms with Crippen molar-refractivity contribution in [3.05, 3.63) is 34.5 Å². The van der Waals surface area contributed by atoms with Gasteiger partial charge in [-0.15, -0.1) is 11.3 Å². The van der Waals surface area contributed by atoms with Gasteiger partial charge in [0.25, 0.3) is 5.91 Å². The lowest BCUT2D eigenvalue weighted by molar-refractivity contribution is 0.0361. The normalized spacial score (nSPS) is 18.1. The Hall–Kier alpha value is -1.41. The maximum atomic E-state index is 13.6. The van der Waals surface area contributed by atoms with Gasteiger partial charge in [0.1, 0.15) is 0 Å². The van der Waals surface area contributed by atoms with E-state index in [4.69, 9.17) is 9.72 Å². The molecule has 1 aromatic carbocycles. The molecule has 210 valence electrons.